The number of rotatable bonds is 4. The minimum Gasteiger partial charge on any atom is -0.351 e. The van der Waals surface area contributed by atoms with Gasteiger partial charge in [0.05, 0.1) is 22.4 Å². The summed E-state index contributed by atoms with van der Waals surface area (Å²) >= 11 is 11.7. The molecule has 1 N–H and O–H groups in total. The normalized spacial score (nSPS) is 18.1. The van der Waals surface area contributed by atoms with Gasteiger partial charge in [-0.3, -0.25) is 4.98 Å². The molecule has 1 saturated heterocycles. The zero-order valence-electron chi connectivity index (χ0n) is 16.6. The van der Waals surface area contributed by atoms with E-state index in [2.05, 4.69) is 10.3 Å². The first-order valence-electron chi connectivity index (χ1n) is 9.92. The number of benzene rings is 2. The second-order valence-electron chi connectivity index (χ2n) is 7.35. The molecule has 0 aliphatic carbocycles. The Balaban J connectivity index is 1.69. The maximum atomic E-state index is 14.9. The van der Waals surface area contributed by atoms with E-state index in [0.29, 0.717) is 16.5 Å². The summed E-state index contributed by atoms with van der Waals surface area (Å²) in [5.41, 5.74) is 2.63. The lowest BCUT2D eigenvalue weighted by molar-refractivity contribution is 0.541. The number of thiocarbonyl (C=S) groups is 1. The van der Waals surface area contributed by atoms with Crippen molar-refractivity contribution in [2.45, 2.75) is 12.1 Å². The average Bonchev–Trinajstić information content (AvgIpc) is 3.41. The number of nitrogens with zero attached hydrogens (tertiary/aromatic N) is 3. The predicted octanol–water partition coefficient (Wildman–Crippen LogP) is 5.98. The summed E-state index contributed by atoms with van der Waals surface area (Å²) in [7, 11) is 0. The third kappa shape index (κ3) is 3.53. The van der Waals surface area contributed by atoms with E-state index in [-0.39, 0.29) is 16.9 Å². The highest BCUT2D eigenvalue weighted by molar-refractivity contribution is 7.80. The third-order valence-corrected chi connectivity index (χ3v) is 6.08. The number of halogens is 3. The minimum absolute atomic E-state index is 0.0226. The molecule has 5 rings (SSSR count). The average molecular weight is 467 g/mol. The van der Waals surface area contributed by atoms with Crippen molar-refractivity contribution in [2.24, 2.45) is 0 Å². The molecular formula is C24H17ClF2N4S. The molecule has 2 aromatic heterocycles. The van der Waals surface area contributed by atoms with Crippen LogP contribution in [0.5, 0.6) is 0 Å². The van der Waals surface area contributed by atoms with Crippen LogP contribution in [-0.4, -0.2) is 14.7 Å². The lowest BCUT2D eigenvalue weighted by Crippen LogP contribution is -2.31. The Hall–Kier alpha value is -3.29. The van der Waals surface area contributed by atoms with Crippen molar-refractivity contribution >= 4 is 34.6 Å². The van der Waals surface area contributed by atoms with Crippen LogP contribution in [0.4, 0.5) is 14.5 Å². The molecule has 1 fully saturated rings. The standard InChI is InChI=1S/C24H17ClF2N4S/c25-16-14-15(10-11-17(16)26)30-13-5-9-21(30)23-22(19-7-3-4-12-28-19)29-24(32)31(23)20-8-2-1-6-18(20)27/h1-14,22-23H,(H,29,32)/t22-,23+/m1/s1. The van der Waals surface area contributed by atoms with Crippen LogP contribution in [0.3, 0.4) is 0 Å². The molecule has 0 amide bonds. The Labute approximate surface area is 194 Å². The second kappa shape index (κ2) is 8.33. The van der Waals surface area contributed by atoms with Crippen molar-refractivity contribution in [2.75, 3.05) is 4.90 Å². The van der Waals surface area contributed by atoms with Gasteiger partial charge in [0.2, 0.25) is 0 Å². The molecule has 0 unspecified atom stereocenters. The molecule has 0 bridgehead atoms. The predicted molar refractivity (Wildman–Crippen MR) is 125 cm³/mol. The fourth-order valence-corrected chi connectivity index (χ4v) is 4.58. The van der Waals surface area contributed by atoms with Crippen molar-refractivity contribution in [3.05, 3.63) is 113 Å². The first-order valence-corrected chi connectivity index (χ1v) is 10.7. The highest BCUT2D eigenvalue weighted by Gasteiger charge is 2.43. The molecule has 0 radical (unpaired) electrons. The maximum Gasteiger partial charge on any atom is 0.174 e. The van der Waals surface area contributed by atoms with Crippen LogP contribution in [0, 0.1) is 11.6 Å². The summed E-state index contributed by atoms with van der Waals surface area (Å²) in [6.45, 7) is 0. The molecule has 32 heavy (non-hydrogen) atoms. The molecule has 1 aliphatic rings. The number of hydrogen-bond acceptors (Lipinski definition) is 2. The first-order chi connectivity index (χ1) is 15.5. The zero-order chi connectivity index (χ0) is 22.2. The van der Waals surface area contributed by atoms with Gasteiger partial charge >= 0.3 is 0 Å². The number of anilines is 1. The zero-order valence-corrected chi connectivity index (χ0v) is 18.2. The van der Waals surface area contributed by atoms with Gasteiger partial charge in [-0.15, -0.1) is 0 Å². The highest BCUT2D eigenvalue weighted by Crippen LogP contribution is 2.43. The Bertz CT molecular complexity index is 1290. The lowest BCUT2D eigenvalue weighted by atomic mass is 10.0. The third-order valence-electron chi connectivity index (χ3n) is 5.47. The van der Waals surface area contributed by atoms with Crippen molar-refractivity contribution in [3.63, 3.8) is 0 Å². The topological polar surface area (TPSA) is 33.1 Å². The highest BCUT2D eigenvalue weighted by atomic mass is 35.5. The van der Waals surface area contributed by atoms with Crippen molar-refractivity contribution in [1.82, 2.24) is 14.9 Å². The quantitative estimate of drug-likeness (QED) is 0.375. The summed E-state index contributed by atoms with van der Waals surface area (Å²) in [6.07, 6.45) is 3.57. The molecule has 0 saturated carbocycles. The van der Waals surface area contributed by atoms with Gasteiger partial charge in [-0.1, -0.05) is 29.8 Å². The second-order valence-corrected chi connectivity index (χ2v) is 8.14. The van der Waals surface area contributed by atoms with Crippen LogP contribution in [0.1, 0.15) is 23.5 Å². The molecular weight excluding hydrogens is 450 g/mol. The SMILES string of the molecule is Fc1ccc(-n2cccc2[C@H]2[C@@H](c3ccccn3)NC(=S)N2c2ccccc2F)cc1Cl. The van der Waals surface area contributed by atoms with E-state index in [1.54, 1.807) is 41.4 Å². The fourth-order valence-electron chi connectivity index (χ4n) is 4.07. The molecule has 1 aliphatic heterocycles. The van der Waals surface area contributed by atoms with E-state index >= 15 is 0 Å². The summed E-state index contributed by atoms with van der Waals surface area (Å²) in [5.74, 6) is -0.876. The molecule has 160 valence electrons. The Kier molecular flexibility index (Phi) is 5.36. The van der Waals surface area contributed by atoms with E-state index in [1.165, 1.54) is 12.1 Å². The molecule has 4 aromatic rings. The molecule has 4 nitrogen and oxygen atoms in total. The van der Waals surface area contributed by atoms with Gasteiger partial charge in [0, 0.05) is 23.8 Å². The van der Waals surface area contributed by atoms with Crippen LogP contribution in [-0.2, 0) is 0 Å². The van der Waals surface area contributed by atoms with Gasteiger partial charge in [0.1, 0.15) is 17.7 Å². The molecule has 2 atom stereocenters. The molecule has 2 aromatic carbocycles. The number of hydrogen-bond donors (Lipinski definition) is 1. The largest absolute Gasteiger partial charge is 0.351 e. The van der Waals surface area contributed by atoms with Crippen LogP contribution >= 0.6 is 23.8 Å². The summed E-state index contributed by atoms with van der Waals surface area (Å²) in [4.78, 5) is 6.28. The Morgan fingerprint density at radius 3 is 2.50 bits per heavy atom. The number of aromatic nitrogens is 2. The van der Waals surface area contributed by atoms with Crippen molar-refractivity contribution in [3.8, 4) is 5.69 Å². The first kappa shape index (κ1) is 20.6. The fraction of sp³-hybridized carbons (Fsp3) is 0.0833. The van der Waals surface area contributed by atoms with Gasteiger partial charge in [-0.25, -0.2) is 8.78 Å². The van der Waals surface area contributed by atoms with E-state index in [4.69, 9.17) is 23.8 Å². The van der Waals surface area contributed by atoms with Gasteiger partial charge in [-0.2, -0.15) is 0 Å². The van der Waals surface area contributed by atoms with E-state index < -0.39 is 11.9 Å². The van der Waals surface area contributed by atoms with E-state index in [1.807, 2.05) is 41.1 Å². The van der Waals surface area contributed by atoms with E-state index in [0.717, 1.165) is 11.4 Å². The van der Waals surface area contributed by atoms with Crippen molar-refractivity contribution in [1.29, 1.82) is 0 Å². The summed E-state index contributed by atoms with van der Waals surface area (Å²) in [5, 5.41) is 3.72. The number of nitrogens with one attached hydrogen (secondary N) is 1. The van der Waals surface area contributed by atoms with Crippen LogP contribution < -0.4 is 10.2 Å². The lowest BCUT2D eigenvalue weighted by Gasteiger charge is -2.29. The smallest absolute Gasteiger partial charge is 0.174 e. The minimum atomic E-state index is -0.493. The maximum absolute atomic E-state index is 14.9. The summed E-state index contributed by atoms with van der Waals surface area (Å²) in [6, 6.07) is 19.7. The van der Waals surface area contributed by atoms with Gasteiger partial charge < -0.3 is 14.8 Å². The van der Waals surface area contributed by atoms with Crippen LogP contribution in [0.2, 0.25) is 5.02 Å². The van der Waals surface area contributed by atoms with Crippen LogP contribution in [0.25, 0.3) is 5.69 Å². The molecule has 0 spiro atoms. The Morgan fingerprint density at radius 2 is 1.75 bits per heavy atom. The number of para-hydroxylation sites is 1. The molecule has 8 heteroatoms. The van der Waals surface area contributed by atoms with Gasteiger partial charge in [0.15, 0.2) is 5.11 Å². The molecule has 3 heterocycles. The van der Waals surface area contributed by atoms with E-state index in [9.17, 15) is 8.78 Å². The van der Waals surface area contributed by atoms with Crippen LogP contribution in [0.15, 0.2) is 85.2 Å². The van der Waals surface area contributed by atoms with Crippen molar-refractivity contribution < 1.29 is 8.78 Å². The monoisotopic (exact) mass is 466 g/mol. The van der Waals surface area contributed by atoms with Gasteiger partial charge in [-0.05, 0) is 66.8 Å². The van der Waals surface area contributed by atoms with Gasteiger partial charge in [0.25, 0.3) is 0 Å². The number of pyridine rings is 1. The Morgan fingerprint density at radius 1 is 0.938 bits per heavy atom. The summed E-state index contributed by atoms with van der Waals surface area (Å²) < 4.78 is 30.5.